The van der Waals surface area contributed by atoms with Gasteiger partial charge in [-0.3, -0.25) is 0 Å². The number of esters is 2. The number of carbonyl (C=O) groups is 2. The molecule has 0 radical (unpaired) electrons. The van der Waals surface area contributed by atoms with Gasteiger partial charge in [0.25, 0.3) is 0 Å². The molecule has 170 valence electrons. The number of hydrogen-bond donors (Lipinski definition) is 0. The van der Waals surface area contributed by atoms with Crippen molar-refractivity contribution in [1.29, 1.82) is 0 Å². The molecule has 0 atom stereocenters. The summed E-state index contributed by atoms with van der Waals surface area (Å²) >= 11 is 0. The van der Waals surface area contributed by atoms with Gasteiger partial charge in [-0.15, -0.1) is 0 Å². The first kappa shape index (κ1) is 20.4. The summed E-state index contributed by atoms with van der Waals surface area (Å²) in [5.74, 6) is -0.593. The number of rotatable bonds is 4. The van der Waals surface area contributed by atoms with Crippen molar-refractivity contribution in [3.05, 3.63) is 120 Å². The van der Waals surface area contributed by atoms with Crippen LogP contribution in [0.2, 0.25) is 0 Å². The highest BCUT2D eigenvalue weighted by Crippen LogP contribution is 2.52. The van der Waals surface area contributed by atoms with Crippen molar-refractivity contribution in [2.45, 2.75) is 0 Å². The number of ether oxygens (including phenoxy) is 2. The predicted molar refractivity (Wildman–Crippen MR) is 141 cm³/mol. The van der Waals surface area contributed by atoms with Crippen LogP contribution in [0.5, 0.6) is 11.5 Å². The molecule has 6 aromatic carbocycles. The minimum Gasteiger partial charge on any atom is -0.419 e. The van der Waals surface area contributed by atoms with Crippen molar-refractivity contribution in [3.63, 3.8) is 0 Å². The first-order valence-corrected chi connectivity index (χ1v) is 11.7. The number of fused-ring (bicyclic) bond motifs is 1. The van der Waals surface area contributed by atoms with Gasteiger partial charge < -0.3 is 9.47 Å². The average molecular weight is 466 g/mol. The Labute approximate surface area is 206 Å². The van der Waals surface area contributed by atoms with E-state index in [-0.39, 0.29) is 11.5 Å². The molecule has 1 aliphatic rings. The largest absolute Gasteiger partial charge is 0.419 e. The van der Waals surface area contributed by atoms with E-state index in [0.29, 0.717) is 11.1 Å². The average Bonchev–Trinajstić information content (AvgIpc) is 3.27. The summed E-state index contributed by atoms with van der Waals surface area (Å²) < 4.78 is 11.9. The maximum absolute atomic E-state index is 13.1. The second-order valence-corrected chi connectivity index (χ2v) is 8.82. The Balaban J connectivity index is 1.47. The summed E-state index contributed by atoms with van der Waals surface area (Å²) in [5, 5.41) is 6.24. The summed E-state index contributed by atoms with van der Waals surface area (Å²) in [7, 11) is 0. The molecule has 0 fully saturated rings. The smallest absolute Gasteiger partial charge is 0.343 e. The van der Waals surface area contributed by atoms with Crippen LogP contribution in [0.3, 0.4) is 0 Å². The van der Waals surface area contributed by atoms with E-state index in [1.165, 1.54) is 0 Å². The molecular formula is C32H18O4. The van der Waals surface area contributed by atoms with E-state index < -0.39 is 11.9 Å². The summed E-state index contributed by atoms with van der Waals surface area (Å²) in [6, 6.07) is 33.8. The minimum absolute atomic E-state index is 0.208. The predicted octanol–water partition coefficient (Wildman–Crippen LogP) is 7.57. The molecule has 36 heavy (non-hydrogen) atoms. The topological polar surface area (TPSA) is 52.6 Å². The highest BCUT2D eigenvalue weighted by molar-refractivity contribution is 6.34. The van der Waals surface area contributed by atoms with Crippen LogP contribution in [0.15, 0.2) is 109 Å². The molecule has 4 heteroatoms. The van der Waals surface area contributed by atoms with E-state index in [1.807, 2.05) is 36.4 Å². The summed E-state index contributed by atoms with van der Waals surface area (Å²) in [6.07, 6.45) is 0. The Bertz CT molecular complexity index is 1850. The molecule has 0 aliphatic heterocycles. The molecule has 0 heterocycles. The van der Waals surface area contributed by atoms with E-state index in [9.17, 15) is 9.59 Å². The molecule has 0 saturated heterocycles. The highest BCUT2D eigenvalue weighted by atomic mass is 16.6. The lowest BCUT2D eigenvalue weighted by molar-refractivity contribution is 0.0685. The van der Waals surface area contributed by atoms with Crippen LogP contribution in [-0.2, 0) is 0 Å². The quantitative estimate of drug-likeness (QED) is 0.153. The molecule has 4 nitrogen and oxygen atoms in total. The maximum Gasteiger partial charge on any atom is 0.343 e. The summed E-state index contributed by atoms with van der Waals surface area (Å²) in [6.45, 7) is 0. The number of carbonyl (C=O) groups excluding carboxylic acids is 2. The van der Waals surface area contributed by atoms with Gasteiger partial charge in [0.15, 0.2) is 11.5 Å². The number of benzene rings is 6. The zero-order chi connectivity index (χ0) is 24.2. The van der Waals surface area contributed by atoms with Crippen LogP contribution in [0.25, 0.3) is 43.4 Å². The molecule has 0 aromatic heterocycles. The fraction of sp³-hybridized carbons (Fsp3) is 0. The van der Waals surface area contributed by atoms with Crippen molar-refractivity contribution < 1.29 is 19.1 Å². The zero-order valence-corrected chi connectivity index (χ0v) is 19.0. The molecular weight excluding hydrogens is 448 g/mol. The van der Waals surface area contributed by atoms with Crippen molar-refractivity contribution in [2.75, 3.05) is 0 Å². The van der Waals surface area contributed by atoms with Crippen LogP contribution < -0.4 is 9.47 Å². The van der Waals surface area contributed by atoms with Crippen LogP contribution >= 0.6 is 0 Å². The third kappa shape index (κ3) is 3.01. The van der Waals surface area contributed by atoms with Gasteiger partial charge in [0.2, 0.25) is 0 Å². The standard InChI is InChI=1S/C32H18O4/c33-31(21-8-3-1-4-9-21)35-26-18-25-23-13-7-12-19-14-15-20-16-17-24(29(25)28(20)27(19)23)30(26)36-32(34)22-10-5-2-6-11-22/h1-18H. The van der Waals surface area contributed by atoms with Crippen LogP contribution in [0, 0.1) is 0 Å². The minimum atomic E-state index is -0.519. The molecule has 0 unspecified atom stereocenters. The molecule has 0 bridgehead atoms. The van der Waals surface area contributed by atoms with Crippen LogP contribution in [0.4, 0.5) is 0 Å². The fourth-order valence-electron chi connectivity index (χ4n) is 5.14. The monoisotopic (exact) mass is 466 g/mol. The van der Waals surface area contributed by atoms with Crippen molar-refractivity contribution >= 4 is 44.3 Å². The Morgan fingerprint density at radius 1 is 0.500 bits per heavy atom. The van der Waals surface area contributed by atoms with Gasteiger partial charge in [-0.1, -0.05) is 72.8 Å². The van der Waals surface area contributed by atoms with Crippen LogP contribution in [0.1, 0.15) is 20.7 Å². The van der Waals surface area contributed by atoms with Crippen molar-refractivity contribution in [2.24, 2.45) is 0 Å². The highest BCUT2D eigenvalue weighted by Gasteiger charge is 2.27. The Morgan fingerprint density at radius 3 is 1.81 bits per heavy atom. The van der Waals surface area contributed by atoms with Gasteiger partial charge in [0.1, 0.15) is 0 Å². The van der Waals surface area contributed by atoms with Crippen molar-refractivity contribution in [1.82, 2.24) is 0 Å². The Kier molecular flexibility index (Phi) is 4.42. The SMILES string of the molecule is O=C(Oc1cc2c3c(ccc4ccc5cccc-2c5c43)c1OC(=O)c1ccccc1)c1ccccc1. The third-order valence-electron chi connectivity index (χ3n) is 6.75. The first-order valence-electron chi connectivity index (χ1n) is 11.7. The van der Waals surface area contributed by atoms with E-state index >= 15 is 0 Å². The van der Waals surface area contributed by atoms with Gasteiger partial charge in [0.05, 0.1) is 11.1 Å². The molecule has 1 aliphatic carbocycles. The third-order valence-corrected chi connectivity index (χ3v) is 6.75. The van der Waals surface area contributed by atoms with E-state index in [1.54, 1.807) is 48.5 Å². The fourth-order valence-corrected chi connectivity index (χ4v) is 5.14. The normalized spacial score (nSPS) is 11.6. The van der Waals surface area contributed by atoms with Crippen LogP contribution in [-0.4, -0.2) is 11.9 Å². The summed E-state index contributed by atoms with van der Waals surface area (Å²) in [4.78, 5) is 26.2. The second-order valence-electron chi connectivity index (χ2n) is 8.82. The molecule has 0 saturated carbocycles. The first-order chi connectivity index (χ1) is 17.7. The van der Waals surface area contributed by atoms with E-state index in [2.05, 4.69) is 24.3 Å². The Hall–Kier alpha value is -4.96. The molecule has 6 aromatic rings. The van der Waals surface area contributed by atoms with Gasteiger partial charge in [-0.2, -0.15) is 0 Å². The van der Waals surface area contributed by atoms with Gasteiger partial charge >= 0.3 is 11.9 Å². The lowest BCUT2D eigenvalue weighted by Crippen LogP contribution is -2.13. The second kappa shape index (κ2) is 7.79. The van der Waals surface area contributed by atoms with E-state index in [4.69, 9.17) is 9.47 Å². The lowest BCUT2D eigenvalue weighted by atomic mass is 9.99. The maximum atomic E-state index is 13.1. The van der Waals surface area contributed by atoms with Crippen molar-refractivity contribution in [3.8, 4) is 22.6 Å². The summed E-state index contributed by atoms with van der Waals surface area (Å²) in [5.41, 5.74) is 2.85. The van der Waals surface area contributed by atoms with Gasteiger partial charge in [-0.05, 0) is 69.1 Å². The molecule has 0 spiro atoms. The molecule has 0 N–H and O–H groups in total. The van der Waals surface area contributed by atoms with Gasteiger partial charge in [-0.25, -0.2) is 9.59 Å². The Morgan fingerprint density at radius 2 is 1.11 bits per heavy atom. The van der Waals surface area contributed by atoms with Gasteiger partial charge in [0, 0.05) is 10.8 Å². The number of hydrogen-bond acceptors (Lipinski definition) is 4. The van der Waals surface area contributed by atoms with E-state index in [0.717, 1.165) is 43.4 Å². The molecule has 7 rings (SSSR count). The zero-order valence-electron chi connectivity index (χ0n) is 19.0. The lowest BCUT2D eigenvalue weighted by Gasteiger charge is -2.15. The molecule has 0 amide bonds.